The van der Waals surface area contributed by atoms with Crippen LogP contribution >= 0.6 is 0 Å². The summed E-state index contributed by atoms with van der Waals surface area (Å²) in [7, 11) is 0. The standard InChI is InChI=1S/BrH.K.2Na.H2O3S.H2O/c;;;;1-4(2)3;/h1H;;;;(H2,1,2,3);1H2/q;3*+1;;/p-3. The molecule has 0 heterocycles. The third-order valence-electron chi connectivity index (χ3n) is 0. The first kappa shape index (κ1) is 38.0. The zero-order valence-corrected chi connectivity index (χ0v) is 15.0. The summed E-state index contributed by atoms with van der Waals surface area (Å²) in [4.78, 5) is 0. The molecule has 0 spiro atoms. The second-order valence-electron chi connectivity index (χ2n) is 0.217. The van der Waals surface area contributed by atoms with Crippen molar-refractivity contribution in [3.05, 3.63) is 0 Å². The van der Waals surface area contributed by atoms with Gasteiger partial charge in [-0.1, -0.05) is 0 Å². The van der Waals surface area contributed by atoms with Crippen molar-refractivity contribution in [1.29, 1.82) is 0 Å². The van der Waals surface area contributed by atoms with Crippen molar-refractivity contribution in [2.75, 3.05) is 0 Å². The molecule has 9 heteroatoms. The summed E-state index contributed by atoms with van der Waals surface area (Å²) >= 11 is -2.86. The molecule has 0 saturated carbocycles. The molecule has 0 aromatic carbocycles. The van der Waals surface area contributed by atoms with Crippen molar-refractivity contribution in [3.8, 4) is 0 Å². The maximum Gasteiger partial charge on any atom is 1.00 e. The molecule has 0 aliphatic carbocycles. The van der Waals surface area contributed by atoms with Gasteiger partial charge in [-0.3, -0.25) is 0 Å². The second kappa shape index (κ2) is 29.5. The van der Waals surface area contributed by atoms with E-state index in [9.17, 15) is 0 Å². The molecule has 0 fully saturated rings. The fraction of sp³-hybridized carbons (Fsp3) is 0. The topological polar surface area (TPSA) is 90.4 Å². The molecule has 0 radical (unpaired) electrons. The molecule has 0 amide bonds. The first-order valence-electron chi connectivity index (χ1n) is 0.516. The van der Waals surface area contributed by atoms with Gasteiger partial charge in [0, 0.05) is 0 Å². The summed E-state index contributed by atoms with van der Waals surface area (Å²) in [5, 5.41) is 0. The molecule has 0 aliphatic rings. The molecule has 0 aliphatic heterocycles. The van der Waals surface area contributed by atoms with Crippen LogP contribution in [0.1, 0.15) is 0 Å². The summed E-state index contributed by atoms with van der Waals surface area (Å²) in [5.41, 5.74) is 0. The molecule has 0 rings (SSSR count). The molecular weight excluding hydrogens is 261 g/mol. The quantitative estimate of drug-likeness (QED) is 0.347. The van der Waals surface area contributed by atoms with E-state index in [1.165, 1.54) is 0 Å². The van der Waals surface area contributed by atoms with Gasteiger partial charge < -0.3 is 31.6 Å². The minimum Gasteiger partial charge on any atom is -1.00 e. The molecule has 1 unspecified atom stereocenters. The van der Waals surface area contributed by atoms with E-state index in [0.717, 1.165) is 0 Å². The first-order valence-corrected chi connectivity index (χ1v) is 1.55. The van der Waals surface area contributed by atoms with Gasteiger partial charge in [0.1, 0.15) is 0 Å². The maximum absolute atomic E-state index is 8.56. The number of rotatable bonds is 0. The van der Waals surface area contributed by atoms with Crippen LogP contribution in [0.25, 0.3) is 0 Å². The van der Waals surface area contributed by atoms with Gasteiger partial charge in [-0.05, 0) is 0 Å². The van der Waals surface area contributed by atoms with Crippen molar-refractivity contribution in [2.24, 2.45) is 0 Å². The zero-order chi connectivity index (χ0) is 3.58. The first-order chi connectivity index (χ1) is 1.73. The Morgan fingerprint density at radius 2 is 1.33 bits per heavy atom. The zero-order valence-electron chi connectivity index (χ0n) is 5.50. The SMILES string of the molecule is O=S([O-])O.[Br-].[K+].[Na+].[Na+].[OH-]. The fourth-order valence-electron chi connectivity index (χ4n) is 0. The predicted octanol–water partition coefficient (Wildman–Crippen LogP) is -12.8. The van der Waals surface area contributed by atoms with Crippen molar-refractivity contribution in [2.45, 2.75) is 0 Å². The van der Waals surface area contributed by atoms with Crippen LogP contribution in [0.3, 0.4) is 0 Å². The van der Waals surface area contributed by atoms with Gasteiger partial charge in [0.05, 0.1) is 11.4 Å². The Morgan fingerprint density at radius 3 is 1.33 bits per heavy atom. The van der Waals surface area contributed by atoms with Gasteiger partial charge in [-0.15, -0.1) is 0 Å². The smallest absolute Gasteiger partial charge is 1.00 e. The van der Waals surface area contributed by atoms with E-state index in [2.05, 4.69) is 0 Å². The maximum atomic E-state index is 8.56. The van der Waals surface area contributed by atoms with E-state index in [-0.39, 0.29) is 133 Å². The largest absolute Gasteiger partial charge is 1.00 e. The van der Waals surface area contributed by atoms with Gasteiger partial charge in [0.25, 0.3) is 0 Å². The Hall–Kier alpha value is 4.15. The van der Waals surface area contributed by atoms with Gasteiger partial charge in [0.2, 0.25) is 0 Å². The molecule has 42 valence electrons. The Kier molecular flexibility index (Phi) is 125. The van der Waals surface area contributed by atoms with Gasteiger partial charge in [-0.25, -0.2) is 4.21 Å². The van der Waals surface area contributed by atoms with Crippen LogP contribution in [0.2, 0.25) is 0 Å². The van der Waals surface area contributed by atoms with Crippen molar-refractivity contribution >= 4 is 11.4 Å². The summed E-state index contributed by atoms with van der Waals surface area (Å²) in [6.07, 6.45) is 0. The predicted molar refractivity (Wildman–Crippen MR) is 13.5 cm³/mol. The molecule has 0 aromatic rings. The normalized spacial score (nSPS) is 6.89. The molecule has 0 aromatic heterocycles. The average Bonchev–Trinajstić information content (AvgIpc) is 0.811. The van der Waals surface area contributed by atoms with Crippen LogP contribution < -0.4 is 127 Å². The van der Waals surface area contributed by atoms with Gasteiger partial charge >= 0.3 is 110 Å². The Morgan fingerprint density at radius 1 is 1.33 bits per heavy atom. The summed E-state index contributed by atoms with van der Waals surface area (Å²) in [5.74, 6) is 0. The monoisotopic (exact) mass is 262 g/mol. The number of halogens is 1. The van der Waals surface area contributed by atoms with Crippen LogP contribution in [0, 0.1) is 0 Å². The molecular formula is H2BrKNa2O4S. The second-order valence-corrected chi connectivity index (χ2v) is 0.651. The fourth-order valence-corrected chi connectivity index (χ4v) is 0. The van der Waals surface area contributed by atoms with Gasteiger partial charge in [0.15, 0.2) is 0 Å². The van der Waals surface area contributed by atoms with Crippen LogP contribution in [0.4, 0.5) is 0 Å². The number of hydrogen-bond acceptors (Lipinski definition) is 3. The molecule has 9 heavy (non-hydrogen) atoms. The van der Waals surface area contributed by atoms with E-state index in [4.69, 9.17) is 13.3 Å². The third kappa shape index (κ3) is 72.7. The van der Waals surface area contributed by atoms with Crippen molar-refractivity contribution in [3.63, 3.8) is 0 Å². The van der Waals surface area contributed by atoms with Crippen LogP contribution in [-0.2, 0) is 11.4 Å². The molecule has 0 saturated heterocycles. The number of hydrogen-bond donors (Lipinski definition) is 1. The average molecular weight is 263 g/mol. The van der Waals surface area contributed by atoms with E-state index >= 15 is 0 Å². The summed E-state index contributed by atoms with van der Waals surface area (Å²) in [6, 6.07) is 0. The molecule has 0 bridgehead atoms. The molecule has 2 N–H and O–H groups in total. The third-order valence-corrected chi connectivity index (χ3v) is 0. The summed E-state index contributed by atoms with van der Waals surface area (Å²) < 4.78 is 24.1. The minimum atomic E-state index is -2.86. The van der Waals surface area contributed by atoms with E-state index in [0.29, 0.717) is 0 Å². The Balaban J connectivity index is -0.00000000450. The van der Waals surface area contributed by atoms with Crippen LogP contribution in [0.5, 0.6) is 0 Å². The van der Waals surface area contributed by atoms with Crippen molar-refractivity contribution in [1.82, 2.24) is 0 Å². The Bertz CT molecular complexity index is 41.5. The van der Waals surface area contributed by atoms with Crippen LogP contribution in [-0.4, -0.2) is 18.8 Å². The summed E-state index contributed by atoms with van der Waals surface area (Å²) in [6.45, 7) is 0. The van der Waals surface area contributed by atoms with E-state index in [1.54, 1.807) is 0 Å². The molecule has 4 nitrogen and oxygen atoms in total. The Labute approximate surface area is 153 Å². The van der Waals surface area contributed by atoms with Crippen molar-refractivity contribution < 1.29 is 146 Å². The van der Waals surface area contributed by atoms with E-state index in [1.807, 2.05) is 0 Å². The van der Waals surface area contributed by atoms with E-state index < -0.39 is 11.4 Å². The van der Waals surface area contributed by atoms with Crippen LogP contribution in [0.15, 0.2) is 0 Å². The molecule has 1 atom stereocenters. The van der Waals surface area contributed by atoms with Gasteiger partial charge in [-0.2, -0.15) is 0 Å². The minimum absolute atomic E-state index is 0.